The van der Waals surface area contributed by atoms with Gasteiger partial charge in [-0.15, -0.1) is 0 Å². The maximum absolute atomic E-state index is 12.8. The summed E-state index contributed by atoms with van der Waals surface area (Å²) in [5.74, 6) is -0.0470. The van der Waals surface area contributed by atoms with Crippen molar-refractivity contribution in [3.05, 3.63) is 65.7 Å². The van der Waals surface area contributed by atoms with E-state index in [-0.39, 0.29) is 59.3 Å². The monoisotopic (exact) mass is 501 g/mol. The number of rotatable bonds is 11. The average Bonchev–Trinajstić information content (AvgIpc) is 2.79. The van der Waals surface area contributed by atoms with E-state index >= 15 is 0 Å². The number of benzene rings is 2. The van der Waals surface area contributed by atoms with Crippen LogP contribution in [0.1, 0.15) is 12.6 Å². The van der Waals surface area contributed by atoms with E-state index in [2.05, 4.69) is 15.4 Å². The molecule has 2 aromatic rings. The normalized spacial score (nSPS) is 10.8. The molecule has 0 fully saturated rings. The molecule has 1 amide bonds. The Labute approximate surface area is 224 Å². The number of carbonyl (C=O) groups is 1. The third-order valence-electron chi connectivity index (χ3n) is 4.24. The van der Waals surface area contributed by atoms with Gasteiger partial charge in [0, 0.05) is 26.8 Å². The summed E-state index contributed by atoms with van der Waals surface area (Å²) in [6.45, 7) is 0.842. The van der Waals surface area contributed by atoms with Crippen LogP contribution in [0, 0.1) is 0 Å². The van der Waals surface area contributed by atoms with Gasteiger partial charge in [0.1, 0.15) is 17.3 Å². The molecule has 0 saturated heterocycles. The van der Waals surface area contributed by atoms with Gasteiger partial charge in [-0.2, -0.15) is 0 Å². The van der Waals surface area contributed by atoms with Gasteiger partial charge in [-0.05, 0) is 48.0 Å². The molecule has 0 radical (unpaired) electrons. The van der Waals surface area contributed by atoms with Crippen LogP contribution in [0.4, 0.5) is 0 Å². The number of ether oxygens (including phenoxy) is 2. The summed E-state index contributed by atoms with van der Waals surface area (Å²) in [6, 6.07) is 14.3. The molecule has 8 nitrogen and oxygen atoms in total. The Balaban J connectivity index is 0.00000544. The van der Waals surface area contributed by atoms with E-state index in [0.29, 0.717) is 25.1 Å². The van der Waals surface area contributed by atoms with E-state index in [4.69, 9.17) is 21.7 Å². The number of methoxy groups -OCH3 is 1. The Hall–Kier alpha value is -1.95. The van der Waals surface area contributed by atoms with E-state index in [9.17, 15) is 13.2 Å². The van der Waals surface area contributed by atoms with Gasteiger partial charge in [-0.1, -0.05) is 36.4 Å². The molecule has 3 N–H and O–H groups in total. The van der Waals surface area contributed by atoms with Gasteiger partial charge in [0.05, 0.1) is 6.61 Å². The minimum Gasteiger partial charge on any atom is -1.00 e. The topological polar surface area (TPSA) is 106 Å². The molecule has 11 heteroatoms. The first-order chi connectivity index (χ1) is 15.4. The predicted molar refractivity (Wildman–Crippen MR) is 129 cm³/mol. The van der Waals surface area contributed by atoms with Crippen molar-refractivity contribution in [3.63, 3.8) is 0 Å². The van der Waals surface area contributed by atoms with Crippen LogP contribution in [0.25, 0.3) is 6.08 Å². The molecule has 0 aromatic heterocycles. The number of carbonyl (C=O) groups excluding carboxylic acids is 1. The molecular formula is C22H28N3NaO5S2. The zero-order valence-electron chi connectivity index (χ0n) is 20.0. The molecule has 0 spiro atoms. The van der Waals surface area contributed by atoms with Crippen LogP contribution >= 0.6 is 12.2 Å². The van der Waals surface area contributed by atoms with Crippen molar-refractivity contribution < 1.29 is 53.7 Å². The van der Waals surface area contributed by atoms with E-state index in [1.807, 2.05) is 30.3 Å². The Morgan fingerprint density at radius 2 is 1.88 bits per heavy atom. The molecule has 0 unspecified atom stereocenters. The van der Waals surface area contributed by atoms with Crippen molar-refractivity contribution in [1.82, 2.24) is 15.4 Å². The van der Waals surface area contributed by atoms with Gasteiger partial charge >= 0.3 is 29.6 Å². The van der Waals surface area contributed by atoms with Gasteiger partial charge in [0.25, 0.3) is 10.0 Å². The Morgan fingerprint density at radius 1 is 1.15 bits per heavy atom. The Morgan fingerprint density at radius 3 is 2.55 bits per heavy atom. The zero-order valence-corrected chi connectivity index (χ0v) is 22.6. The summed E-state index contributed by atoms with van der Waals surface area (Å²) in [5.41, 5.74) is 1.64. The van der Waals surface area contributed by atoms with Crippen LogP contribution in [0.2, 0.25) is 0 Å². The SMILES string of the molecule is CNC(=S)NS(=O)(=O)c1cc(CCNC(=O)C=Cc2ccccc2)ccc1OCCOC.[H-].[Na+]. The third-order valence-corrected chi connectivity index (χ3v) is 6.04. The second-order valence-electron chi connectivity index (χ2n) is 6.59. The molecule has 2 aromatic carbocycles. The summed E-state index contributed by atoms with van der Waals surface area (Å²) in [6.07, 6.45) is 3.62. The van der Waals surface area contributed by atoms with Crippen LogP contribution in [-0.4, -0.2) is 53.4 Å². The number of sulfonamides is 1. The summed E-state index contributed by atoms with van der Waals surface area (Å²) in [7, 11) is -0.912. The quantitative estimate of drug-likeness (QED) is 0.157. The fraction of sp³-hybridized carbons (Fsp3) is 0.273. The molecule has 33 heavy (non-hydrogen) atoms. The number of nitrogens with one attached hydrogen (secondary N) is 3. The van der Waals surface area contributed by atoms with Crippen molar-refractivity contribution in [2.75, 3.05) is 33.9 Å². The molecule has 0 bridgehead atoms. The van der Waals surface area contributed by atoms with Crippen molar-refractivity contribution in [2.45, 2.75) is 11.3 Å². The first-order valence-electron chi connectivity index (χ1n) is 9.86. The maximum atomic E-state index is 12.8. The Bertz CT molecular complexity index is 1050. The second-order valence-corrected chi connectivity index (χ2v) is 8.65. The molecule has 0 aliphatic heterocycles. The summed E-state index contributed by atoms with van der Waals surface area (Å²) < 4.78 is 38.4. The van der Waals surface area contributed by atoms with E-state index in [1.54, 1.807) is 18.2 Å². The van der Waals surface area contributed by atoms with Crippen molar-refractivity contribution >= 4 is 39.3 Å². The minimum atomic E-state index is -3.96. The number of hydrogen-bond acceptors (Lipinski definition) is 6. The minimum absolute atomic E-state index is 0. The van der Waals surface area contributed by atoms with Gasteiger partial charge in [0.15, 0.2) is 5.11 Å². The first-order valence-corrected chi connectivity index (χ1v) is 11.7. The van der Waals surface area contributed by atoms with Crippen LogP contribution in [-0.2, 0) is 26.0 Å². The molecule has 174 valence electrons. The number of amides is 1. The van der Waals surface area contributed by atoms with Crippen molar-refractivity contribution in [1.29, 1.82) is 0 Å². The van der Waals surface area contributed by atoms with Gasteiger partial charge in [0.2, 0.25) is 5.91 Å². The Kier molecular flexibility index (Phi) is 13.3. The van der Waals surface area contributed by atoms with Crippen molar-refractivity contribution in [3.8, 4) is 5.75 Å². The molecule has 0 aliphatic carbocycles. The molecular weight excluding hydrogens is 473 g/mol. The van der Waals surface area contributed by atoms with Gasteiger partial charge in [-0.25, -0.2) is 8.42 Å². The van der Waals surface area contributed by atoms with Crippen LogP contribution in [0.15, 0.2) is 59.5 Å². The summed E-state index contributed by atoms with van der Waals surface area (Å²) >= 11 is 4.93. The van der Waals surface area contributed by atoms with E-state index < -0.39 is 10.0 Å². The van der Waals surface area contributed by atoms with E-state index in [0.717, 1.165) is 5.56 Å². The number of thiocarbonyl (C=S) groups is 1. The predicted octanol–water partition coefficient (Wildman–Crippen LogP) is -1.02. The first kappa shape index (κ1) is 29.1. The smallest absolute Gasteiger partial charge is 1.00 e. The molecule has 2 rings (SSSR count). The van der Waals surface area contributed by atoms with E-state index in [1.165, 1.54) is 26.3 Å². The largest absolute Gasteiger partial charge is 1.00 e. The molecule has 0 saturated carbocycles. The second kappa shape index (κ2) is 15.0. The fourth-order valence-electron chi connectivity index (χ4n) is 2.63. The van der Waals surface area contributed by atoms with Crippen LogP contribution < -0.4 is 49.6 Å². The summed E-state index contributed by atoms with van der Waals surface area (Å²) in [4.78, 5) is 12.0. The van der Waals surface area contributed by atoms with Crippen molar-refractivity contribution in [2.24, 2.45) is 0 Å². The maximum Gasteiger partial charge on any atom is 1.00 e. The third kappa shape index (κ3) is 10.2. The molecule has 0 aliphatic rings. The standard InChI is InChI=1S/C22H27N3O5S2.Na.H/c1-23-22(31)25-32(27,28)20-16-18(8-10-19(20)30-15-14-29-2)12-13-24-21(26)11-9-17-6-4-3-5-7-17;;/h3-11,16H,12-15H2,1-2H3,(H,24,26)(H2,23,25,31);;/q;+1;-1. The summed E-state index contributed by atoms with van der Waals surface area (Å²) in [5, 5.41) is 5.33. The van der Waals surface area contributed by atoms with Gasteiger partial charge in [-0.3, -0.25) is 9.52 Å². The average molecular weight is 502 g/mol. The molecule has 0 atom stereocenters. The fourth-order valence-corrected chi connectivity index (χ4v) is 4.11. The van der Waals surface area contributed by atoms with Gasteiger partial charge < -0.3 is 21.5 Å². The molecule has 0 heterocycles. The zero-order chi connectivity index (χ0) is 23.4. The van der Waals surface area contributed by atoms with Crippen LogP contribution in [0.5, 0.6) is 5.75 Å². The van der Waals surface area contributed by atoms with Crippen LogP contribution in [0.3, 0.4) is 0 Å². The number of hydrogen-bond donors (Lipinski definition) is 3.